The number of nitrogens with zero attached hydrogens (tertiary/aromatic N) is 1. The summed E-state index contributed by atoms with van der Waals surface area (Å²) >= 11 is 0. The zero-order chi connectivity index (χ0) is 11.9. The van der Waals surface area contributed by atoms with Crippen LogP contribution in [0.1, 0.15) is 33.3 Å². The first-order chi connectivity index (χ1) is 7.44. The van der Waals surface area contributed by atoms with Gasteiger partial charge in [-0.3, -0.25) is 4.99 Å². The predicted molar refractivity (Wildman–Crippen MR) is 66.8 cm³/mol. The van der Waals surface area contributed by atoms with Crippen molar-refractivity contribution in [3.63, 3.8) is 0 Å². The molecule has 0 bridgehead atoms. The minimum atomic E-state index is -0.0943. The van der Waals surface area contributed by atoms with Crippen LogP contribution in [0.4, 0.5) is 0 Å². The van der Waals surface area contributed by atoms with E-state index in [9.17, 15) is 5.11 Å². The number of phenols is 1. The number of hydrogen-bond acceptors (Lipinski definition) is 2. The van der Waals surface area contributed by atoms with Crippen LogP contribution < -0.4 is 0 Å². The molecule has 2 rings (SSSR count). The molecule has 1 heterocycles. The Morgan fingerprint density at radius 1 is 1.12 bits per heavy atom. The summed E-state index contributed by atoms with van der Waals surface area (Å²) in [5.41, 5.74) is 4.03. The maximum Gasteiger partial charge on any atom is 0.124 e. The number of hydrogen-bond donors (Lipinski definition) is 1. The van der Waals surface area contributed by atoms with Crippen molar-refractivity contribution >= 4 is 5.71 Å². The number of rotatable bonds is 1. The minimum Gasteiger partial charge on any atom is -0.507 e. The van der Waals surface area contributed by atoms with Crippen molar-refractivity contribution < 1.29 is 24.6 Å². The molecule has 0 aromatic heterocycles. The molecule has 2 nitrogen and oxygen atoms in total. The summed E-state index contributed by atoms with van der Waals surface area (Å²) in [6.07, 6.45) is 0. The maximum absolute atomic E-state index is 9.88. The summed E-state index contributed by atoms with van der Waals surface area (Å²) in [4.78, 5) is 4.59. The Kier molecular flexibility index (Phi) is 3.93. The maximum atomic E-state index is 9.88. The fourth-order valence-electron chi connectivity index (χ4n) is 2.09. The number of aliphatic imine (C=N–C) groups is 1. The SMILES string of the molecule is CC1=C(C)C(C)(C)C(c2ccccc2O)=N1.[Zn]. The third-order valence-electron chi connectivity index (χ3n) is 3.51. The number of para-hydroxylation sites is 1. The second kappa shape index (κ2) is 4.74. The molecule has 86 valence electrons. The summed E-state index contributed by atoms with van der Waals surface area (Å²) in [5, 5.41) is 9.88. The molecule has 3 heteroatoms. The van der Waals surface area contributed by atoms with Crippen LogP contribution in [0.2, 0.25) is 0 Å². The molecule has 1 aliphatic heterocycles. The molecule has 0 unspecified atom stereocenters. The smallest absolute Gasteiger partial charge is 0.124 e. The Hall–Kier alpha value is -0.947. The first-order valence-electron chi connectivity index (χ1n) is 5.50. The van der Waals surface area contributed by atoms with Crippen molar-refractivity contribution in [2.24, 2.45) is 10.4 Å². The molecule has 0 spiro atoms. The van der Waals surface area contributed by atoms with E-state index in [1.807, 2.05) is 25.1 Å². The molecular formula is C14H17NOZn. The molecular weight excluding hydrogens is 264 g/mol. The Morgan fingerprint density at radius 2 is 1.71 bits per heavy atom. The fraction of sp³-hybridized carbons (Fsp3) is 0.357. The van der Waals surface area contributed by atoms with Crippen LogP contribution in [0.15, 0.2) is 40.5 Å². The van der Waals surface area contributed by atoms with E-state index in [1.54, 1.807) is 6.07 Å². The second-order valence-corrected chi connectivity index (χ2v) is 4.81. The van der Waals surface area contributed by atoms with E-state index >= 15 is 0 Å². The van der Waals surface area contributed by atoms with Gasteiger partial charge in [-0.1, -0.05) is 26.0 Å². The monoisotopic (exact) mass is 279 g/mol. The van der Waals surface area contributed by atoms with Crippen LogP contribution in [0.3, 0.4) is 0 Å². The number of benzene rings is 1. The van der Waals surface area contributed by atoms with Gasteiger partial charge in [-0.25, -0.2) is 0 Å². The van der Waals surface area contributed by atoms with Gasteiger partial charge < -0.3 is 5.11 Å². The van der Waals surface area contributed by atoms with Crippen molar-refractivity contribution in [3.8, 4) is 5.75 Å². The number of allylic oxidation sites excluding steroid dienone is 2. The third kappa shape index (κ3) is 2.21. The largest absolute Gasteiger partial charge is 0.507 e. The molecule has 0 aliphatic carbocycles. The van der Waals surface area contributed by atoms with Crippen molar-refractivity contribution in [1.29, 1.82) is 0 Å². The van der Waals surface area contributed by atoms with Crippen LogP contribution in [-0.2, 0) is 19.5 Å². The fourth-order valence-corrected chi connectivity index (χ4v) is 2.09. The van der Waals surface area contributed by atoms with Crippen molar-refractivity contribution in [2.75, 3.05) is 0 Å². The van der Waals surface area contributed by atoms with E-state index in [0.717, 1.165) is 17.0 Å². The zero-order valence-corrected chi connectivity index (χ0v) is 13.9. The molecule has 1 N–H and O–H groups in total. The molecule has 0 saturated carbocycles. The van der Waals surface area contributed by atoms with Gasteiger partial charge in [-0.05, 0) is 31.6 Å². The molecule has 0 atom stereocenters. The molecule has 1 aliphatic rings. The van der Waals surface area contributed by atoms with Gasteiger partial charge in [0, 0.05) is 36.2 Å². The molecule has 0 fully saturated rings. The summed E-state index contributed by atoms with van der Waals surface area (Å²) in [6, 6.07) is 7.38. The van der Waals surface area contributed by atoms with Gasteiger partial charge in [0.05, 0.1) is 5.71 Å². The standard InChI is InChI=1S/C14H17NO.Zn/c1-9-10(2)15-13(14(9,3)4)11-7-5-6-8-12(11)16;/h5-8,16H,1-4H3;. The van der Waals surface area contributed by atoms with Crippen LogP contribution in [0, 0.1) is 5.41 Å². The predicted octanol–water partition coefficient (Wildman–Crippen LogP) is 3.51. The van der Waals surface area contributed by atoms with Gasteiger partial charge >= 0.3 is 0 Å². The van der Waals surface area contributed by atoms with E-state index in [4.69, 9.17) is 0 Å². The molecule has 0 radical (unpaired) electrons. The van der Waals surface area contributed by atoms with E-state index in [1.165, 1.54) is 5.57 Å². The second-order valence-electron chi connectivity index (χ2n) is 4.81. The van der Waals surface area contributed by atoms with Gasteiger partial charge in [0.25, 0.3) is 0 Å². The average molecular weight is 281 g/mol. The summed E-state index contributed by atoms with van der Waals surface area (Å²) in [5.74, 6) is 0.303. The third-order valence-corrected chi connectivity index (χ3v) is 3.51. The van der Waals surface area contributed by atoms with E-state index < -0.39 is 0 Å². The van der Waals surface area contributed by atoms with Crippen molar-refractivity contribution in [1.82, 2.24) is 0 Å². The van der Waals surface area contributed by atoms with Crippen molar-refractivity contribution in [3.05, 3.63) is 41.1 Å². The Bertz CT molecular complexity index is 501. The summed E-state index contributed by atoms with van der Waals surface area (Å²) in [7, 11) is 0. The van der Waals surface area contributed by atoms with Crippen LogP contribution >= 0.6 is 0 Å². The Morgan fingerprint density at radius 3 is 2.18 bits per heavy atom. The van der Waals surface area contributed by atoms with Gasteiger partial charge in [0.2, 0.25) is 0 Å². The molecule has 17 heavy (non-hydrogen) atoms. The van der Waals surface area contributed by atoms with E-state index in [2.05, 4.69) is 25.8 Å². The van der Waals surface area contributed by atoms with Gasteiger partial charge in [0.15, 0.2) is 0 Å². The van der Waals surface area contributed by atoms with E-state index in [0.29, 0.717) is 5.75 Å². The molecule has 0 amide bonds. The zero-order valence-electron chi connectivity index (χ0n) is 10.9. The van der Waals surface area contributed by atoms with Gasteiger partial charge in [-0.15, -0.1) is 0 Å². The molecule has 1 aromatic rings. The van der Waals surface area contributed by atoms with Crippen LogP contribution in [-0.4, -0.2) is 10.8 Å². The summed E-state index contributed by atoms with van der Waals surface area (Å²) in [6.45, 7) is 8.41. The number of aromatic hydroxyl groups is 1. The van der Waals surface area contributed by atoms with Crippen molar-refractivity contribution in [2.45, 2.75) is 27.7 Å². The van der Waals surface area contributed by atoms with Crippen LogP contribution in [0.5, 0.6) is 5.75 Å². The summed E-state index contributed by atoms with van der Waals surface area (Å²) < 4.78 is 0. The first-order valence-corrected chi connectivity index (χ1v) is 5.50. The topological polar surface area (TPSA) is 32.6 Å². The Labute approximate surface area is 115 Å². The Balaban J connectivity index is 0.00000144. The van der Waals surface area contributed by atoms with Gasteiger partial charge in [0.1, 0.15) is 5.75 Å². The quantitative estimate of drug-likeness (QED) is 0.785. The molecule has 0 saturated heterocycles. The minimum absolute atomic E-state index is 0. The molecule has 1 aromatic carbocycles. The number of phenolic OH excluding ortho intramolecular Hbond substituents is 1. The average Bonchev–Trinajstić information content (AvgIpc) is 2.43. The van der Waals surface area contributed by atoms with Crippen LogP contribution in [0.25, 0.3) is 0 Å². The van der Waals surface area contributed by atoms with Gasteiger partial charge in [-0.2, -0.15) is 0 Å². The first kappa shape index (κ1) is 14.1. The van der Waals surface area contributed by atoms with E-state index in [-0.39, 0.29) is 24.9 Å². The normalized spacial score (nSPS) is 17.8.